The summed E-state index contributed by atoms with van der Waals surface area (Å²) in [5, 5.41) is 1.91. The Labute approximate surface area is 146 Å². The van der Waals surface area contributed by atoms with Gasteiger partial charge in [-0.3, -0.25) is 4.79 Å². The van der Waals surface area contributed by atoms with Crippen LogP contribution in [0.4, 0.5) is 13.2 Å². The minimum atomic E-state index is -4.75. The molecule has 0 atom stereocenters. The van der Waals surface area contributed by atoms with Crippen LogP contribution in [-0.2, 0) is 4.79 Å². The monoisotopic (exact) mass is 351 g/mol. The van der Waals surface area contributed by atoms with E-state index >= 15 is 0 Å². The number of carbonyl (C=O) groups excluding carboxylic acids is 1. The Morgan fingerprint density at radius 3 is 1.33 bits per heavy atom. The predicted molar refractivity (Wildman–Crippen MR) is 94.0 cm³/mol. The molecule has 0 aromatic heterocycles. The van der Waals surface area contributed by atoms with Crippen molar-refractivity contribution in [2.75, 3.05) is 6.54 Å². The van der Waals surface area contributed by atoms with E-state index in [1.54, 1.807) is 0 Å². The van der Waals surface area contributed by atoms with Gasteiger partial charge in [0, 0.05) is 6.54 Å². The molecule has 1 N–H and O–H groups in total. The Morgan fingerprint density at radius 2 is 1.00 bits per heavy atom. The van der Waals surface area contributed by atoms with Crippen LogP contribution >= 0.6 is 0 Å². The summed E-state index contributed by atoms with van der Waals surface area (Å²) in [7, 11) is 0. The molecule has 1 amide bonds. The summed E-state index contributed by atoms with van der Waals surface area (Å²) >= 11 is 0. The summed E-state index contributed by atoms with van der Waals surface area (Å²) in [6.45, 7) is 2.36. The molecule has 0 aromatic carbocycles. The van der Waals surface area contributed by atoms with Crippen LogP contribution in [0, 0.1) is 0 Å². The average Bonchev–Trinajstić information content (AvgIpc) is 2.53. The Kier molecular flexibility index (Phi) is 15.3. The highest BCUT2D eigenvalue weighted by Crippen LogP contribution is 2.15. The first kappa shape index (κ1) is 23.3. The van der Waals surface area contributed by atoms with Crippen molar-refractivity contribution in [3.63, 3.8) is 0 Å². The normalized spacial score (nSPS) is 11.7. The lowest BCUT2D eigenvalue weighted by Crippen LogP contribution is -2.37. The molecule has 0 saturated heterocycles. The highest BCUT2D eigenvalue weighted by atomic mass is 19.4. The van der Waals surface area contributed by atoms with Crippen LogP contribution in [0.3, 0.4) is 0 Å². The van der Waals surface area contributed by atoms with Gasteiger partial charge in [0.05, 0.1) is 0 Å². The van der Waals surface area contributed by atoms with Crippen LogP contribution in [0.25, 0.3) is 0 Å². The number of hydrogen-bond donors (Lipinski definition) is 1. The molecule has 24 heavy (non-hydrogen) atoms. The number of amides is 1. The molecule has 0 spiro atoms. The molecule has 0 saturated carbocycles. The molecular weight excluding hydrogens is 315 g/mol. The SMILES string of the molecule is CCCCCCCCCCCCCCCCCNC(=O)C(F)(F)F. The van der Waals surface area contributed by atoms with E-state index in [4.69, 9.17) is 0 Å². The summed E-state index contributed by atoms with van der Waals surface area (Å²) in [6, 6.07) is 0. The van der Waals surface area contributed by atoms with Gasteiger partial charge in [-0.15, -0.1) is 0 Å². The standard InChI is InChI=1S/C19H36F3NO/c1-2-3-4-5-6-7-8-9-10-11-12-13-14-15-16-17-23-18(24)19(20,21)22/h2-17H2,1H3,(H,23,24). The van der Waals surface area contributed by atoms with Crippen LogP contribution < -0.4 is 5.32 Å². The fourth-order valence-corrected chi connectivity index (χ4v) is 2.80. The van der Waals surface area contributed by atoms with Crippen molar-refractivity contribution >= 4 is 5.91 Å². The number of hydrogen-bond acceptors (Lipinski definition) is 1. The lowest BCUT2D eigenvalue weighted by Gasteiger charge is -2.07. The van der Waals surface area contributed by atoms with Gasteiger partial charge in [-0.2, -0.15) is 13.2 Å². The first-order valence-corrected chi connectivity index (χ1v) is 9.83. The number of rotatable bonds is 16. The van der Waals surface area contributed by atoms with Gasteiger partial charge in [0.25, 0.3) is 0 Å². The number of carbonyl (C=O) groups is 1. The molecule has 0 heterocycles. The fraction of sp³-hybridized carbons (Fsp3) is 0.947. The van der Waals surface area contributed by atoms with Gasteiger partial charge in [0.1, 0.15) is 0 Å². The summed E-state index contributed by atoms with van der Waals surface area (Å²) in [5.74, 6) is -1.83. The quantitative estimate of drug-likeness (QED) is 0.314. The van der Waals surface area contributed by atoms with Crippen LogP contribution in [0.2, 0.25) is 0 Å². The molecule has 0 radical (unpaired) electrons. The van der Waals surface area contributed by atoms with Crippen LogP contribution in [0.15, 0.2) is 0 Å². The second-order valence-corrected chi connectivity index (χ2v) is 6.70. The topological polar surface area (TPSA) is 29.1 Å². The second kappa shape index (κ2) is 15.8. The molecule has 5 heteroatoms. The molecule has 0 aliphatic carbocycles. The zero-order valence-corrected chi connectivity index (χ0v) is 15.4. The van der Waals surface area contributed by atoms with Gasteiger partial charge in [-0.05, 0) is 6.42 Å². The average molecular weight is 351 g/mol. The molecule has 144 valence electrons. The molecule has 0 bridgehead atoms. The summed E-state index contributed by atoms with van der Waals surface area (Å²) in [5.41, 5.74) is 0. The summed E-state index contributed by atoms with van der Waals surface area (Å²) < 4.78 is 35.8. The van der Waals surface area contributed by atoms with Crippen molar-refractivity contribution in [3.8, 4) is 0 Å². The third-order valence-corrected chi connectivity index (χ3v) is 4.32. The number of alkyl halides is 3. The maximum absolute atomic E-state index is 11.9. The van der Waals surface area contributed by atoms with Gasteiger partial charge in [0.15, 0.2) is 0 Å². The molecule has 0 aliphatic heterocycles. The minimum Gasteiger partial charge on any atom is -0.348 e. The lowest BCUT2D eigenvalue weighted by molar-refractivity contribution is -0.173. The molecule has 0 rings (SSSR count). The van der Waals surface area contributed by atoms with Gasteiger partial charge >= 0.3 is 12.1 Å². The van der Waals surface area contributed by atoms with E-state index in [9.17, 15) is 18.0 Å². The van der Waals surface area contributed by atoms with Crippen molar-refractivity contribution < 1.29 is 18.0 Å². The number of unbranched alkanes of at least 4 members (excludes halogenated alkanes) is 14. The molecular formula is C19H36F3NO. The van der Waals surface area contributed by atoms with E-state index in [1.807, 2.05) is 5.32 Å². The summed E-state index contributed by atoms with van der Waals surface area (Å²) in [6.07, 6.45) is 13.6. The molecule has 0 aliphatic rings. The highest BCUT2D eigenvalue weighted by molar-refractivity contribution is 5.81. The Balaban J connectivity index is 3.12. The first-order chi connectivity index (χ1) is 11.5. The maximum atomic E-state index is 11.9. The van der Waals surface area contributed by atoms with Crippen molar-refractivity contribution in [3.05, 3.63) is 0 Å². The maximum Gasteiger partial charge on any atom is 0.471 e. The predicted octanol–water partition coefficient (Wildman–Crippen LogP) is 6.54. The van der Waals surface area contributed by atoms with Gasteiger partial charge < -0.3 is 5.32 Å². The first-order valence-electron chi connectivity index (χ1n) is 9.83. The minimum absolute atomic E-state index is 0.122. The van der Waals surface area contributed by atoms with Gasteiger partial charge in [-0.25, -0.2) is 0 Å². The fourth-order valence-electron chi connectivity index (χ4n) is 2.80. The number of halogens is 3. The Bertz CT molecular complexity index is 293. The van der Waals surface area contributed by atoms with E-state index in [2.05, 4.69) is 6.92 Å². The van der Waals surface area contributed by atoms with E-state index in [-0.39, 0.29) is 6.54 Å². The largest absolute Gasteiger partial charge is 0.471 e. The van der Waals surface area contributed by atoms with Crippen LogP contribution in [-0.4, -0.2) is 18.6 Å². The van der Waals surface area contributed by atoms with Crippen molar-refractivity contribution in [2.24, 2.45) is 0 Å². The molecule has 0 aromatic rings. The van der Waals surface area contributed by atoms with E-state index in [0.29, 0.717) is 6.42 Å². The van der Waals surface area contributed by atoms with Crippen molar-refractivity contribution in [2.45, 2.75) is 109 Å². The number of nitrogens with one attached hydrogen (secondary N) is 1. The van der Waals surface area contributed by atoms with Gasteiger partial charge in [-0.1, -0.05) is 96.8 Å². The molecule has 0 fully saturated rings. The lowest BCUT2D eigenvalue weighted by atomic mass is 10.0. The summed E-state index contributed by atoms with van der Waals surface area (Å²) in [4.78, 5) is 10.6. The zero-order valence-electron chi connectivity index (χ0n) is 15.4. The Hall–Kier alpha value is -0.740. The van der Waals surface area contributed by atoms with E-state index < -0.39 is 12.1 Å². The van der Waals surface area contributed by atoms with Crippen molar-refractivity contribution in [1.82, 2.24) is 5.32 Å². The third kappa shape index (κ3) is 16.1. The molecule has 0 unspecified atom stereocenters. The van der Waals surface area contributed by atoms with E-state index in [1.165, 1.54) is 70.6 Å². The highest BCUT2D eigenvalue weighted by Gasteiger charge is 2.38. The Morgan fingerprint density at radius 1 is 0.667 bits per heavy atom. The third-order valence-electron chi connectivity index (χ3n) is 4.32. The van der Waals surface area contributed by atoms with Gasteiger partial charge in [0.2, 0.25) is 0 Å². The van der Waals surface area contributed by atoms with E-state index in [0.717, 1.165) is 19.3 Å². The second-order valence-electron chi connectivity index (χ2n) is 6.70. The smallest absolute Gasteiger partial charge is 0.348 e. The van der Waals surface area contributed by atoms with Crippen molar-refractivity contribution in [1.29, 1.82) is 0 Å². The van der Waals surface area contributed by atoms with Crippen LogP contribution in [0.5, 0.6) is 0 Å². The van der Waals surface area contributed by atoms with Crippen LogP contribution in [0.1, 0.15) is 103 Å². The molecule has 2 nitrogen and oxygen atoms in total. The zero-order chi connectivity index (χ0) is 18.1.